The van der Waals surface area contributed by atoms with E-state index in [1.807, 2.05) is 44.2 Å². The van der Waals surface area contributed by atoms with Gasteiger partial charge in [-0.2, -0.15) is 0 Å². The van der Waals surface area contributed by atoms with Gasteiger partial charge in [-0.25, -0.2) is 18.9 Å². The number of halogens is 1. The molecule has 2 heterocycles. The molecule has 7 nitrogen and oxygen atoms in total. The lowest BCUT2D eigenvalue weighted by Crippen LogP contribution is -2.28. The lowest BCUT2D eigenvalue weighted by atomic mass is 10.2. The summed E-state index contributed by atoms with van der Waals surface area (Å²) in [6.07, 6.45) is 3.09. The van der Waals surface area contributed by atoms with Crippen molar-refractivity contribution in [2.24, 2.45) is 0 Å². The molecule has 0 bridgehead atoms. The number of carbonyl (C=O) groups is 1. The predicted octanol–water partition coefficient (Wildman–Crippen LogP) is 3.95. The maximum absolute atomic E-state index is 12.7. The Balaban J connectivity index is 1.60. The van der Waals surface area contributed by atoms with Crippen LogP contribution >= 0.6 is 23.4 Å². The first kappa shape index (κ1) is 20.2. The van der Waals surface area contributed by atoms with Crippen LogP contribution in [0.2, 0.25) is 5.02 Å². The maximum Gasteiger partial charge on any atom is 0.350 e. The molecule has 4 rings (SSSR count). The van der Waals surface area contributed by atoms with Crippen molar-refractivity contribution >= 4 is 40.6 Å². The van der Waals surface area contributed by atoms with Crippen LogP contribution in [0.25, 0.3) is 5.65 Å². The summed E-state index contributed by atoms with van der Waals surface area (Å²) >= 11 is 7.41. The highest BCUT2D eigenvalue weighted by Crippen LogP contribution is 2.28. The zero-order valence-electron chi connectivity index (χ0n) is 16.3. The van der Waals surface area contributed by atoms with Crippen LogP contribution in [0.5, 0.6) is 0 Å². The van der Waals surface area contributed by atoms with Gasteiger partial charge in [-0.3, -0.25) is 4.79 Å². The summed E-state index contributed by atoms with van der Waals surface area (Å²) in [5.74, 6) is -0.369. The van der Waals surface area contributed by atoms with Gasteiger partial charge in [0.25, 0.3) is 0 Å². The van der Waals surface area contributed by atoms with E-state index in [0.29, 0.717) is 21.4 Å². The number of fused-ring (bicyclic) bond motifs is 1. The SMILES string of the molecule is Cc1ccc(Sc2nccn3c(=O)n(CC(=O)Nc4cc(Cl)ccc4C)nc23)cc1. The van der Waals surface area contributed by atoms with Crippen LogP contribution in [0, 0.1) is 13.8 Å². The molecular formula is C21H18ClN5O2S. The van der Waals surface area contributed by atoms with Crippen molar-refractivity contribution in [3.8, 4) is 0 Å². The second-order valence-corrected chi connectivity index (χ2v) is 8.29. The molecule has 0 atom stereocenters. The fourth-order valence-corrected chi connectivity index (χ4v) is 3.88. The standard InChI is InChI=1S/C21H18ClN5O2S/c1-13-3-7-16(8-4-13)30-20-19-25-27(21(29)26(19)10-9-23-20)12-18(28)24-17-11-15(22)6-5-14(17)2/h3-11H,12H2,1-2H3,(H,24,28). The van der Waals surface area contributed by atoms with E-state index in [9.17, 15) is 9.59 Å². The van der Waals surface area contributed by atoms with Crippen LogP contribution in [0.15, 0.2) is 69.6 Å². The smallest absolute Gasteiger partial charge is 0.324 e. The van der Waals surface area contributed by atoms with E-state index in [-0.39, 0.29) is 12.5 Å². The molecule has 0 radical (unpaired) electrons. The van der Waals surface area contributed by atoms with Gasteiger partial charge >= 0.3 is 5.69 Å². The summed E-state index contributed by atoms with van der Waals surface area (Å²) in [4.78, 5) is 30.6. The number of amides is 1. The lowest BCUT2D eigenvalue weighted by molar-refractivity contribution is -0.117. The predicted molar refractivity (Wildman–Crippen MR) is 117 cm³/mol. The average molecular weight is 440 g/mol. The number of anilines is 1. The minimum absolute atomic E-state index is 0.221. The molecule has 0 saturated carbocycles. The van der Waals surface area contributed by atoms with Crippen molar-refractivity contribution in [2.75, 3.05) is 5.32 Å². The molecule has 0 aliphatic heterocycles. The third-order valence-corrected chi connectivity index (χ3v) is 5.70. The van der Waals surface area contributed by atoms with E-state index < -0.39 is 5.69 Å². The molecule has 2 aromatic carbocycles. The third-order valence-electron chi connectivity index (χ3n) is 4.47. The summed E-state index contributed by atoms with van der Waals surface area (Å²) < 4.78 is 2.52. The molecule has 1 N–H and O–H groups in total. The Morgan fingerprint density at radius 3 is 2.70 bits per heavy atom. The van der Waals surface area contributed by atoms with Crippen LogP contribution in [0.1, 0.15) is 11.1 Å². The summed E-state index contributed by atoms with van der Waals surface area (Å²) in [6, 6.07) is 13.2. The second-order valence-electron chi connectivity index (χ2n) is 6.79. The lowest BCUT2D eigenvalue weighted by Gasteiger charge is -2.08. The first-order chi connectivity index (χ1) is 14.4. The summed E-state index contributed by atoms with van der Waals surface area (Å²) in [7, 11) is 0. The number of hydrogen-bond donors (Lipinski definition) is 1. The molecule has 0 saturated heterocycles. The monoisotopic (exact) mass is 439 g/mol. The minimum Gasteiger partial charge on any atom is -0.324 e. The largest absolute Gasteiger partial charge is 0.350 e. The molecule has 2 aromatic heterocycles. The Labute approximate surface area is 181 Å². The Hall–Kier alpha value is -3.10. The van der Waals surface area contributed by atoms with Gasteiger partial charge < -0.3 is 5.32 Å². The molecule has 9 heteroatoms. The zero-order chi connectivity index (χ0) is 21.3. The first-order valence-electron chi connectivity index (χ1n) is 9.15. The second kappa shape index (κ2) is 8.33. The van der Waals surface area contributed by atoms with Gasteiger partial charge in [0.2, 0.25) is 5.91 Å². The van der Waals surface area contributed by atoms with Gasteiger partial charge in [-0.15, -0.1) is 5.10 Å². The molecule has 0 fully saturated rings. The number of benzene rings is 2. The number of aromatic nitrogens is 4. The van der Waals surface area contributed by atoms with E-state index in [2.05, 4.69) is 15.4 Å². The highest BCUT2D eigenvalue weighted by molar-refractivity contribution is 7.99. The van der Waals surface area contributed by atoms with Gasteiger partial charge in [-0.05, 0) is 43.7 Å². The van der Waals surface area contributed by atoms with Crippen LogP contribution < -0.4 is 11.0 Å². The fourth-order valence-electron chi connectivity index (χ4n) is 2.87. The van der Waals surface area contributed by atoms with Crippen molar-refractivity contribution in [1.29, 1.82) is 0 Å². The maximum atomic E-state index is 12.7. The highest BCUT2D eigenvalue weighted by Gasteiger charge is 2.15. The zero-order valence-corrected chi connectivity index (χ0v) is 17.9. The Bertz CT molecular complexity index is 1300. The summed E-state index contributed by atoms with van der Waals surface area (Å²) in [5, 5.41) is 8.23. The highest BCUT2D eigenvalue weighted by atomic mass is 35.5. The van der Waals surface area contributed by atoms with Crippen molar-refractivity contribution < 1.29 is 4.79 Å². The topological polar surface area (TPSA) is 81.3 Å². The van der Waals surface area contributed by atoms with Gasteiger partial charge in [-0.1, -0.05) is 47.1 Å². The van der Waals surface area contributed by atoms with Crippen molar-refractivity contribution in [3.05, 3.63) is 81.5 Å². The molecule has 0 aliphatic rings. The van der Waals surface area contributed by atoms with Gasteiger partial charge in [0, 0.05) is 28.0 Å². The van der Waals surface area contributed by atoms with Crippen LogP contribution in [0.3, 0.4) is 0 Å². The van der Waals surface area contributed by atoms with Crippen LogP contribution in [-0.2, 0) is 11.3 Å². The van der Waals surface area contributed by atoms with Crippen LogP contribution in [-0.4, -0.2) is 25.1 Å². The van der Waals surface area contributed by atoms with E-state index in [0.717, 1.165) is 20.7 Å². The Kier molecular flexibility index (Phi) is 5.61. The van der Waals surface area contributed by atoms with Crippen molar-refractivity contribution in [3.63, 3.8) is 0 Å². The number of aryl methyl sites for hydroxylation is 2. The first-order valence-corrected chi connectivity index (χ1v) is 10.3. The minimum atomic E-state index is -0.406. The molecule has 0 spiro atoms. The molecule has 152 valence electrons. The fraction of sp³-hybridized carbons (Fsp3) is 0.143. The van der Waals surface area contributed by atoms with E-state index in [4.69, 9.17) is 11.6 Å². The molecule has 0 aliphatic carbocycles. The van der Waals surface area contributed by atoms with Gasteiger partial charge in [0.15, 0.2) is 5.65 Å². The quantitative estimate of drug-likeness (QED) is 0.509. The number of hydrogen-bond acceptors (Lipinski definition) is 5. The van der Waals surface area contributed by atoms with Gasteiger partial charge in [0.05, 0.1) is 0 Å². The molecule has 30 heavy (non-hydrogen) atoms. The van der Waals surface area contributed by atoms with E-state index in [1.165, 1.54) is 16.2 Å². The summed E-state index contributed by atoms with van der Waals surface area (Å²) in [6.45, 7) is 3.66. The van der Waals surface area contributed by atoms with E-state index >= 15 is 0 Å². The molecular weight excluding hydrogens is 422 g/mol. The molecule has 1 amide bonds. The molecule has 0 unspecified atom stereocenters. The molecule has 4 aromatic rings. The Morgan fingerprint density at radius 1 is 1.17 bits per heavy atom. The van der Waals surface area contributed by atoms with E-state index in [1.54, 1.807) is 24.5 Å². The van der Waals surface area contributed by atoms with Crippen LogP contribution in [0.4, 0.5) is 5.69 Å². The number of carbonyl (C=O) groups excluding carboxylic acids is 1. The number of rotatable bonds is 5. The van der Waals surface area contributed by atoms with Gasteiger partial charge in [0.1, 0.15) is 11.6 Å². The van der Waals surface area contributed by atoms with Crippen molar-refractivity contribution in [1.82, 2.24) is 19.2 Å². The normalized spacial score (nSPS) is 11.0. The van der Waals surface area contributed by atoms with Crippen molar-refractivity contribution in [2.45, 2.75) is 30.3 Å². The average Bonchev–Trinajstić information content (AvgIpc) is 3.03. The third kappa shape index (κ3) is 4.24. The number of nitrogens with one attached hydrogen (secondary N) is 1. The summed E-state index contributed by atoms with van der Waals surface area (Å²) in [5.41, 5.74) is 2.63. The number of nitrogens with zero attached hydrogens (tertiary/aromatic N) is 4. The Morgan fingerprint density at radius 2 is 1.93 bits per heavy atom.